The fourth-order valence-corrected chi connectivity index (χ4v) is 0. The third-order valence-corrected chi connectivity index (χ3v) is 0. The predicted octanol–water partition coefficient (Wildman–Crippen LogP) is 0.898. The summed E-state index contributed by atoms with van der Waals surface area (Å²) in [6.07, 6.45) is 0. The normalized spacial score (nSPS) is 10.8. The average molecular weight is 92.9 g/mol. The van der Waals surface area contributed by atoms with Gasteiger partial charge in [0.25, 0.3) is 0 Å². The van der Waals surface area contributed by atoms with Crippen molar-refractivity contribution in [1.29, 1.82) is 0 Å². The molecule has 4 heavy (non-hydrogen) atoms. The van der Waals surface area contributed by atoms with Crippen molar-refractivity contribution in [1.82, 2.24) is 0 Å². The maximum Gasteiger partial charge on any atom is 0.518 e. The SMILES string of the molecule is [B][P+](F)=S. The van der Waals surface area contributed by atoms with Gasteiger partial charge in [-0.05, 0) is 4.20 Å². The van der Waals surface area contributed by atoms with Crippen molar-refractivity contribution in [2.24, 2.45) is 0 Å². The molecule has 20 valence electrons. The van der Waals surface area contributed by atoms with Gasteiger partial charge in [-0.2, -0.15) is 0 Å². The molecule has 0 amide bonds. The minimum absolute atomic E-state index is 2.04. The van der Waals surface area contributed by atoms with Crippen LogP contribution in [0.15, 0.2) is 0 Å². The van der Waals surface area contributed by atoms with Crippen molar-refractivity contribution in [2.75, 3.05) is 0 Å². The van der Waals surface area contributed by atoms with Crippen molar-refractivity contribution in [3.8, 4) is 0 Å². The lowest BCUT2D eigenvalue weighted by Gasteiger charge is -1.32. The van der Waals surface area contributed by atoms with E-state index in [1.165, 1.54) is 0 Å². The van der Waals surface area contributed by atoms with E-state index in [-0.39, 0.29) is 0 Å². The van der Waals surface area contributed by atoms with Crippen molar-refractivity contribution in [3.05, 3.63) is 0 Å². The van der Waals surface area contributed by atoms with Crippen molar-refractivity contribution in [2.45, 2.75) is 0 Å². The first kappa shape index (κ1) is 4.51. The Kier molecular flexibility index (Phi) is 2.03. The Morgan fingerprint density at radius 1 is 2.00 bits per heavy atom. The minimum Gasteiger partial charge on any atom is -0.00585 e. The van der Waals surface area contributed by atoms with Crippen molar-refractivity contribution in [3.63, 3.8) is 0 Å². The highest BCUT2D eigenvalue weighted by atomic mass is 32.4. The van der Waals surface area contributed by atoms with Gasteiger partial charge in [0.05, 0.1) is 0 Å². The van der Waals surface area contributed by atoms with E-state index in [0.717, 1.165) is 0 Å². The Morgan fingerprint density at radius 3 is 2.00 bits per heavy atom. The van der Waals surface area contributed by atoms with Crippen LogP contribution in [-0.4, -0.2) is 7.57 Å². The molecule has 0 fully saturated rings. The van der Waals surface area contributed by atoms with Gasteiger partial charge in [0, 0.05) is 0 Å². The number of hydrogen-bond donors (Lipinski definition) is 0. The third kappa shape index (κ3) is 21.8. The second kappa shape index (κ2) is 1.80. The van der Waals surface area contributed by atoms with E-state index < -0.39 is 6.89 Å². The quantitative estimate of drug-likeness (QED) is 0.316. The summed E-state index contributed by atoms with van der Waals surface area (Å²) >= 11 is 3.80. The molecule has 0 nitrogen and oxygen atoms in total. The Morgan fingerprint density at radius 2 is 2.00 bits per heavy atom. The maximum absolute atomic E-state index is 10.7. The summed E-state index contributed by atoms with van der Waals surface area (Å²) < 4.78 is 10.7. The van der Waals surface area contributed by atoms with Gasteiger partial charge < -0.3 is 0 Å². The highest BCUT2D eigenvalue weighted by Gasteiger charge is 1.87. The van der Waals surface area contributed by atoms with Crippen LogP contribution in [0.2, 0.25) is 0 Å². The number of rotatable bonds is 0. The molecule has 0 aliphatic heterocycles. The first-order valence-electron chi connectivity index (χ1n) is 0.610. The molecule has 4 heteroatoms. The summed E-state index contributed by atoms with van der Waals surface area (Å²) in [4.78, 5) is 0. The van der Waals surface area contributed by atoms with Gasteiger partial charge in [-0.15, -0.1) is 0 Å². The van der Waals surface area contributed by atoms with Gasteiger partial charge in [0.1, 0.15) is 0 Å². The molecule has 0 bridgehead atoms. The molecule has 0 N–H and O–H groups in total. The van der Waals surface area contributed by atoms with Crippen LogP contribution in [0.5, 0.6) is 0 Å². The molecule has 1 unspecified atom stereocenters. The monoisotopic (exact) mass is 93.0 g/mol. The highest BCUT2D eigenvalue weighted by Crippen LogP contribution is 2.10. The summed E-state index contributed by atoms with van der Waals surface area (Å²) in [5.41, 5.74) is 0. The lowest BCUT2D eigenvalue weighted by molar-refractivity contribution is 0.933. The van der Waals surface area contributed by atoms with Crippen LogP contribution in [0.3, 0.4) is 0 Å². The zero-order valence-corrected chi connectivity index (χ0v) is 3.52. The molecule has 0 aromatic rings. The summed E-state index contributed by atoms with van der Waals surface area (Å²) in [5, 5.41) is 0. The summed E-state index contributed by atoms with van der Waals surface area (Å²) in [7, 11) is 4.32. The molecule has 0 aromatic carbocycles. The molecule has 2 radical (unpaired) electrons. The first-order chi connectivity index (χ1) is 1.73. The molecule has 0 rings (SSSR count). The van der Waals surface area contributed by atoms with Gasteiger partial charge >= 0.3 is 14.5 Å². The minimum atomic E-state index is -2.04. The number of hydrogen-bond acceptors (Lipinski definition) is 1. The fraction of sp³-hybridized carbons (Fsp3) is 0. The molecule has 0 aliphatic carbocycles. The van der Waals surface area contributed by atoms with Gasteiger partial charge in [-0.3, -0.25) is 0 Å². The van der Waals surface area contributed by atoms with Crippen LogP contribution in [-0.2, 0) is 11.8 Å². The third-order valence-electron chi connectivity index (χ3n) is 0. The van der Waals surface area contributed by atoms with Crippen LogP contribution in [0, 0.1) is 0 Å². The predicted molar refractivity (Wildman–Crippen MR) is 21.1 cm³/mol. The Balaban J connectivity index is 2.80. The first-order valence-corrected chi connectivity index (χ1v) is 2.92. The van der Waals surface area contributed by atoms with Crippen molar-refractivity contribution >= 4 is 26.3 Å². The van der Waals surface area contributed by atoms with Crippen LogP contribution in [0.1, 0.15) is 0 Å². The van der Waals surface area contributed by atoms with E-state index in [2.05, 4.69) is 19.4 Å². The lowest BCUT2D eigenvalue weighted by Crippen LogP contribution is -1.26. The van der Waals surface area contributed by atoms with E-state index in [1.807, 2.05) is 0 Å². The van der Waals surface area contributed by atoms with Gasteiger partial charge in [0.15, 0.2) is 11.8 Å². The Bertz CT molecular complexity index is 31.0. The molecular formula is BFPS+. The second-order valence-corrected chi connectivity index (χ2v) is 1.86. The Hall–Kier alpha value is 0.515. The van der Waals surface area contributed by atoms with Gasteiger partial charge in [-0.25, -0.2) is 0 Å². The second-order valence-electron chi connectivity index (χ2n) is 0.272. The Labute approximate surface area is 31.3 Å². The summed E-state index contributed by atoms with van der Waals surface area (Å²) in [6, 6.07) is 0. The van der Waals surface area contributed by atoms with Crippen LogP contribution in [0.4, 0.5) is 4.20 Å². The average Bonchev–Trinajstić information content (AvgIpc) is 0.811. The molecule has 0 aromatic heterocycles. The van der Waals surface area contributed by atoms with Gasteiger partial charge in [0.2, 0.25) is 0 Å². The fourth-order valence-electron chi connectivity index (χ4n) is 0. The van der Waals surface area contributed by atoms with Gasteiger partial charge in [-0.1, -0.05) is 0 Å². The van der Waals surface area contributed by atoms with E-state index in [0.29, 0.717) is 0 Å². The molecule has 0 saturated heterocycles. The molecule has 0 spiro atoms. The summed E-state index contributed by atoms with van der Waals surface area (Å²) in [6.45, 7) is -2.04. The standard InChI is InChI=1S/BFPS/c1-3(2)4/q+1. The molecular weight excluding hydrogens is 92.9 g/mol. The van der Waals surface area contributed by atoms with E-state index in [1.54, 1.807) is 0 Å². The van der Waals surface area contributed by atoms with Crippen LogP contribution >= 0.6 is 6.89 Å². The van der Waals surface area contributed by atoms with Crippen LogP contribution in [0.25, 0.3) is 0 Å². The molecule has 0 heterocycles. The van der Waals surface area contributed by atoms with E-state index in [4.69, 9.17) is 0 Å². The van der Waals surface area contributed by atoms with E-state index in [9.17, 15) is 4.20 Å². The smallest absolute Gasteiger partial charge is 0.00585 e. The van der Waals surface area contributed by atoms with E-state index >= 15 is 0 Å². The lowest BCUT2D eigenvalue weighted by atomic mass is 10.8. The van der Waals surface area contributed by atoms with Crippen molar-refractivity contribution < 1.29 is 4.20 Å². The highest BCUT2D eigenvalue weighted by molar-refractivity contribution is 8.13. The molecule has 0 saturated carbocycles. The van der Waals surface area contributed by atoms with Crippen LogP contribution < -0.4 is 0 Å². The zero-order chi connectivity index (χ0) is 3.58. The summed E-state index contributed by atoms with van der Waals surface area (Å²) in [5.74, 6) is 0. The molecule has 1 atom stereocenters. The zero-order valence-electron chi connectivity index (χ0n) is 1.81. The number of halogens is 1. The maximum atomic E-state index is 10.7. The largest absolute Gasteiger partial charge is 0.518 e. The molecule has 0 aliphatic rings. The topological polar surface area (TPSA) is 0 Å².